The molecule has 0 amide bonds. The van der Waals surface area contributed by atoms with Gasteiger partial charge in [0.15, 0.2) is 0 Å². The molecule has 1 aromatic carbocycles. The average Bonchev–Trinajstić information content (AvgIpc) is 2.35. The Labute approximate surface area is 113 Å². The number of aromatic nitrogens is 1. The lowest BCUT2D eigenvalue weighted by Crippen LogP contribution is -1.91. The molecule has 0 fully saturated rings. The summed E-state index contributed by atoms with van der Waals surface area (Å²) < 4.78 is 14.0. The van der Waals surface area contributed by atoms with Crippen LogP contribution in [0.15, 0.2) is 52.0 Å². The Balaban J connectivity index is 1.92. The van der Waals surface area contributed by atoms with Gasteiger partial charge in [0.2, 0.25) is 0 Å². The second-order valence-corrected chi connectivity index (χ2v) is 5.49. The van der Waals surface area contributed by atoms with E-state index in [-0.39, 0.29) is 5.82 Å². The SMILES string of the molecule is Fc1ccc(Br)c(SCCc2ccccn2)c1. The van der Waals surface area contributed by atoms with Gasteiger partial charge in [-0.15, -0.1) is 11.8 Å². The molecule has 1 heterocycles. The van der Waals surface area contributed by atoms with Crippen LogP contribution in [0.3, 0.4) is 0 Å². The third kappa shape index (κ3) is 3.82. The van der Waals surface area contributed by atoms with E-state index < -0.39 is 0 Å². The number of thioether (sulfide) groups is 1. The quantitative estimate of drug-likeness (QED) is 0.780. The Hall–Kier alpha value is -0.870. The highest BCUT2D eigenvalue weighted by molar-refractivity contribution is 9.10. The molecule has 0 N–H and O–H groups in total. The Morgan fingerprint density at radius 1 is 1.24 bits per heavy atom. The van der Waals surface area contributed by atoms with E-state index in [1.54, 1.807) is 30.1 Å². The summed E-state index contributed by atoms with van der Waals surface area (Å²) in [6.45, 7) is 0. The van der Waals surface area contributed by atoms with Gasteiger partial charge in [-0.3, -0.25) is 4.98 Å². The number of hydrogen-bond donors (Lipinski definition) is 0. The third-order valence-electron chi connectivity index (χ3n) is 2.24. The summed E-state index contributed by atoms with van der Waals surface area (Å²) in [4.78, 5) is 5.18. The molecule has 0 saturated carbocycles. The minimum absolute atomic E-state index is 0.200. The van der Waals surface area contributed by atoms with Crippen molar-refractivity contribution in [3.63, 3.8) is 0 Å². The maximum Gasteiger partial charge on any atom is 0.124 e. The summed E-state index contributed by atoms with van der Waals surface area (Å²) in [6.07, 6.45) is 2.67. The normalized spacial score (nSPS) is 10.5. The molecule has 0 aliphatic rings. The van der Waals surface area contributed by atoms with Crippen molar-refractivity contribution in [1.29, 1.82) is 0 Å². The van der Waals surface area contributed by atoms with Crippen molar-refractivity contribution in [1.82, 2.24) is 4.98 Å². The van der Waals surface area contributed by atoms with Crippen LogP contribution in [0, 0.1) is 5.82 Å². The lowest BCUT2D eigenvalue weighted by molar-refractivity contribution is 0.623. The summed E-state index contributed by atoms with van der Waals surface area (Å²) >= 11 is 5.04. The molecule has 0 aliphatic carbocycles. The standard InChI is InChI=1S/C13H11BrFNS/c14-12-5-4-10(15)9-13(12)17-8-6-11-3-1-2-7-16-11/h1-5,7,9H,6,8H2. The number of benzene rings is 1. The predicted molar refractivity (Wildman–Crippen MR) is 72.8 cm³/mol. The van der Waals surface area contributed by atoms with Gasteiger partial charge in [-0.05, 0) is 52.7 Å². The van der Waals surface area contributed by atoms with Crippen LogP contribution in [0.5, 0.6) is 0 Å². The molecule has 2 aromatic rings. The number of rotatable bonds is 4. The molecular formula is C13H11BrFNS. The van der Waals surface area contributed by atoms with Crippen LogP contribution in [0.4, 0.5) is 4.39 Å². The Kier molecular flexibility index (Phi) is 4.57. The van der Waals surface area contributed by atoms with Gasteiger partial charge in [-0.1, -0.05) is 6.07 Å². The fourth-order valence-corrected chi connectivity index (χ4v) is 2.92. The van der Waals surface area contributed by atoms with Crippen molar-refractivity contribution < 1.29 is 4.39 Å². The number of halogens is 2. The summed E-state index contributed by atoms with van der Waals surface area (Å²) in [6, 6.07) is 10.6. The molecule has 17 heavy (non-hydrogen) atoms. The Morgan fingerprint density at radius 3 is 2.88 bits per heavy atom. The zero-order valence-corrected chi connectivity index (χ0v) is 11.5. The molecule has 88 valence electrons. The molecule has 0 aliphatic heterocycles. The van der Waals surface area contributed by atoms with Crippen molar-refractivity contribution in [2.45, 2.75) is 11.3 Å². The second kappa shape index (κ2) is 6.17. The smallest absolute Gasteiger partial charge is 0.124 e. The van der Waals surface area contributed by atoms with E-state index in [4.69, 9.17) is 0 Å². The molecule has 0 bridgehead atoms. The summed E-state index contributed by atoms with van der Waals surface area (Å²) in [5, 5.41) is 0. The van der Waals surface area contributed by atoms with Gasteiger partial charge >= 0.3 is 0 Å². The first kappa shape index (κ1) is 12.6. The summed E-state index contributed by atoms with van der Waals surface area (Å²) in [7, 11) is 0. The van der Waals surface area contributed by atoms with Crippen LogP contribution in [0.25, 0.3) is 0 Å². The molecule has 0 radical (unpaired) electrons. The highest BCUT2D eigenvalue weighted by Crippen LogP contribution is 2.28. The van der Waals surface area contributed by atoms with Crippen LogP contribution < -0.4 is 0 Å². The Morgan fingerprint density at radius 2 is 2.12 bits per heavy atom. The molecule has 1 aromatic heterocycles. The highest BCUT2D eigenvalue weighted by Gasteiger charge is 2.02. The topological polar surface area (TPSA) is 12.9 Å². The molecule has 0 atom stereocenters. The summed E-state index contributed by atoms with van der Waals surface area (Å²) in [5.41, 5.74) is 1.06. The van der Waals surface area contributed by atoms with Crippen LogP contribution in [-0.4, -0.2) is 10.7 Å². The van der Waals surface area contributed by atoms with Gasteiger partial charge in [0, 0.05) is 27.0 Å². The number of aryl methyl sites for hydroxylation is 1. The number of nitrogens with zero attached hydrogens (tertiary/aromatic N) is 1. The monoisotopic (exact) mass is 311 g/mol. The molecule has 0 spiro atoms. The molecule has 2 rings (SSSR count). The van der Waals surface area contributed by atoms with Crippen molar-refractivity contribution in [2.75, 3.05) is 5.75 Å². The molecule has 1 nitrogen and oxygen atoms in total. The van der Waals surface area contributed by atoms with Crippen LogP contribution in [-0.2, 0) is 6.42 Å². The van der Waals surface area contributed by atoms with E-state index >= 15 is 0 Å². The first-order valence-electron chi connectivity index (χ1n) is 5.23. The summed E-state index contributed by atoms with van der Waals surface area (Å²) in [5.74, 6) is 0.688. The van der Waals surface area contributed by atoms with Crippen LogP contribution >= 0.6 is 27.7 Å². The molecule has 0 unspecified atom stereocenters. The van der Waals surface area contributed by atoms with Crippen molar-refractivity contribution in [3.05, 3.63) is 58.6 Å². The first-order chi connectivity index (χ1) is 8.25. The number of pyridine rings is 1. The van der Waals surface area contributed by atoms with E-state index in [0.29, 0.717) is 0 Å². The van der Waals surface area contributed by atoms with E-state index in [1.165, 1.54) is 6.07 Å². The van der Waals surface area contributed by atoms with Crippen LogP contribution in [0.2, 0.25) is 0 Å². The molecular weight excluding hydrogens is 301 g/mol. The van der Waals surface area contributed by atoms with Gasteiger partial charge in [0.05, 0.1) is 0 Å². The van der Waals surface area contributed by atoms with E-state index in [0.717, 1.165) is 27.2 Å². The van der Waals surface area contributed by atoms with Crippen molar-refractivity contribution in [2.24, 2.45) is 0 Å². The van der Waals surface area contributed by atoms with E-state index in [9.17, 15) is 4.39 Å². The lowest BCUT2D eigenvalue weighted by Gasteiger charge is -2.04. The largest absolute Gasteiger partial charge is 0.261 e. The fraction of sp³-hybridized carbons (Fsp3) is 0.154. The highest BCUT2D eigenvalue weighted by atomic mass is 79.9. The van der Waals surface area contributed by atoms with E-state index in [1.807, 2.05) is 18.2 Å². The van der Waals surface area contributed by atoms with Gasteiger partial charge in [0.1, 0.15) is 5.82 Å². The average molecular weight is 312 g/mol. The van der Waals surface area contributed by atoms with Gasteiger partial charge in [-0.2, -0.15) is 0 Å². The maximum atomic E-state index is 13.1. The zero-order chi connectivity index (χ0) is 12.1. The van der Waals surface area contributed by atoms with Crippen LogP contribution in [0.1, 0.15) is 5.69 Å². The van der Waals surface area contributed by atoms with Gasteiger partial charge in [0.25, 0.3) is 0 Å². The fourth-order valence-electron chi connectivity index (χ4n) is 1.40. The lowest BCUT2D eigenvalue weighted by atomic mass is 10.3. The minimum Gasteiger partial charge on any atom is -0.261 e. The molecule has 0 saturated heterocycles. The molecule has 4 heteroatoms. The Bertz CT molecular complexity index is 490. The van der Waals surface area contributed by atoms with Crippen molar-refractivity contribution in [3.8, 4) is 0 Å². The predicted octanol–water partition coefficient (Wildman–Crippen LogP) is 4.32. The zero-order valence-electron chi connectivity index (χ0n) is 9.07. The third-order valence-corrected chi connectivity index (χ3v) is 4.25. The van der Waals surface area contributed by atoms with Crippen molar-refractivity contribution >= 4 is 27.7 Å². The van der Waals surface area contributed by atoms with E-state index in [2.05, 4.69) is 20.9 Å². The van der Waals surface area contributed by atoms with Gasteiger partial charge in [-0.25, -0.2) is 4.39 Å². The maximum absolute atomic E-state index is 13.1. The first-order valence-corrected chi connectivity index (χ1v) is 7.01. The van der Waals surface area contributed by atoms with Gasteiger partial charge < -0.3 is 0 Å². The minimum atomic E-state index is -0.200. The number of hydrogen-bond acceptors (Lipinski definition) is 2. The second-order valence-electron chi connectivity index (χ2n) is 3.49.